The van der Waals surface area contributed by atoms with E-state index < -0.39 is 10.0 Å². The number of carbonyl (C=O) groups excluding carboxylic acids is 1. The Bertz CT molecular complexity index is 1030. The van der Waals surface area contributed by atoms with Gasteiger partial charge in [-0.2, -0.15) is 4.31 Å². The molecule has 2 aromatic carbocycles. The molecule has 0 atom stereocenters. The number of ether oxygens (including phenoxy) is 3. The minimum Gasteiger partial charge on any atom is -0.493 e. The van der Waals surface area contributed by atoms with Crippen LogP contribution in [0.25, 0.3) is 0 Å². The molecule has 8 heteroatoms. The molecule has 0 radical (unpaired) electrons. The molecule has 0 spiro atoms. The van der Waals surface area contributed by atoms with Crippen LogP contribution in [-0.2, 0) is 14.8 Å². The Morgan fingerprint density at radius 3 is 2.17 bits per heavy atom. The maximum atomic E-state index is 13.0. The van der Waals surface area contributed by atoms with Crippen molar-refractivity contribution in [1.29, 1.82) is 0 Å². The molecule has 0 saturated carbocycles. The summed E-state index contributed by atoms with van der Waals surface area (Å²) in [5.74, 6) is 0.716. The van der Waals surface area contributed by atoms with Gasteiger partial charge in [-0.15, -0.1) is 0 Å². The fourth-order valence-electron chi connectivity index (χ4n) is 3.56. The maximum Gasteiger partial charge on any atom is 0.314 e. The minimum atomic E-state index is -3.69. The van der Waals surface area contributed by atoms with Gasteiger partial charge in [0, 0.05) is 19.2 Å². The van der Waals surface area contributed by atoms with Crippen LogP contribution in [-0.4, -0.2) is 46.0 Å². The second-order valence-corrected chi connectivity index (χ2v) is 9.32. The Balaban J connectivity index is 1.66. The quantitative estimate of drug-likeness (QED) is 0.513. The van der Waals surface area contributed by atoms with Crippen LogP contribution < -0.4 is 14.2 Å². The van der Waals surface area contributed by atoms with Crippen molar-refractivity contribution in [3.63, 3.8) is 0 Å². The van der Waals surface area contributed by atoms with E-state index in [0.29, 0.717) is 30.1 Å². The number of benzene rings is 2. The lowest BCUT2D eigenvalue weighted by Crippen LogP contribution is -2.41. The molecule has 1 heterocycles. The van der Waals surface area contributed by atoms with Crippen LogP contribution in [0.4, 0.5) is 0 Å². The second-order valence-electron chi connectivity index (χ2n) is 7.39. The Labute approximate surface area is 177 Å². The Morgan fingerprint density at radius 1 is 0.933 bits per heavy atom. The molecule has 0 amide bonds. The third-order valence-electron chi connectivity index (χ3n) is 5.32. The summed E-state index contributed by atoms with van der Waals surface area (Å²) in [6.07, 6.45) is 0.826. The molecule has 1 saturated heterocycles. The van der Waals surface area contributed by atoms with Crippen LogP contribution in [0.1, 0.15) is 24.0 Å². The van der Waals surface area contributed by atoms with Gasteiger partial charge < -0.3 is 14.2 Å². The summed E-state index contributed by atoms with van der Waals surface area (Å²) in [5, 5.41) is 0. The first-order chi connectivity index (χ1) is 14.3. The summed E-state index contributed by atoms with van der Waals surface area (Å²) >= 11 is 0. The zero-order chi connectivity index (χ0) is 21.9. The fourth-order valence-corrected chi connectivity index (χ4v) is 5.05. The van der Waals surface area contributed by atoms with Gasteiger partial charge in [-0.25, -0.2) is 8.42 Å². The van der Waals surface area contributed by atoms with Gasteiger partial charge in [0.15, 0.2) is 11.5 Å². The molecule has 0 bridgehead atoms. The molecule has 30 heavy (non-hydrogen) atoms. The lowest BCUT2D eigenvalue weighted by Gasteiger charge is -2.30. The molecular formula is C22H27NO6S. The van der Waals surface area contributed by atoms with Gasteiger partial charge in [0.25, 0.3) is 0 Å². The highest BCUT2D eigenvalue weighted by atomic mass is 32.2. The molecule has 2 aromatic rings. The van der Waals surface area contributed by atoms with Crippen molar-refractivity contribution in [2.45, 2.75) is 31.6 Å². The van der Waals surface area contributed by atoms with Gasteiger partial charge in [0.2, 0.25) is 10.0 Å². The van der Waals surface area contributed by atoms with E-state index >= 15 is 0 Å². The molecule has 7 nitrogen and oxygen atoms in total. The van der Waals surface area contributed by atoms with Crippen molar-refractivity contribution >= 4 is 16.0 Å². The number of carbonyl (C=O) groups is 1. The third kappa shape index (κ3) is 4.60. The largest absolute Gasteiger partial charge is 0.493 e. The van der Waals surface area contributed by atoms with Crippen molar-refractivity contribution in [2.75, 3.05) is 27.3 Å². The number of aryl methyl sites for hydroxylation is 2. The van der Waals surface area contributed by atoms with Gasteiger partial charge in [-0.1, -0.05) is 17.7 Å². The lowest BCUT2D eigenvalue weighted by atomic mass is 9.98. The van der Waals surface area contributed by atoms with Crippen LogP contribution >= 0.6 is 0 Å². The zero-order valence-corrected chi connectivity index (χ0v) is 18.5. The standard InChI is InChI=1S/C22H27NO6S/c1-15-5-7-19(16(2)13-15)29-22(24)17-9-11-23(12-10-17)30(25,26)18-6-8-20(27-3)21(14-18)28-4/h5-8,13-14,17H,9-12H2,1-4H3. The number of hydrogen-bond donors (Lipinski definition) is 0. The molecule has 0 aliphatic carbocycles. The smallest absolute Gasteiger partial charge is 0.314 e. The first-order valence-corrected chi connectivity index (χ1v) is 11.2. The zero-order valence-electron chi connectivity index (χ0n) is 17.7. The SMILES string of the molecule is COc1ccc(S(=O)(=O)N2CCC(C(=O)Oc3ccc(C)cc3C)CC2)cc1OC. The molecule has 1 fully saturated rings. The Kier molecular flexibility index (Phi) is 6.67. The molecule has 162 valence electrons. The van der Waals surface area contributed by atoms with Gasteiger partial charge in [0.05, 0.1) is 25.0 Å². The van der Waals surface area contributed by atoms with E-state index in [0.717, 1.165) is 11.1 Å². The van der Waals surface area contributed by atoms with E-state index in [1.165, 1.54) is 30.7 Å². The Morgan fingerprint density at radius 2 is 1.57 bits per heavy atom. The Hall–Kier alpha value is -2.58. The summed E-state index contributed by atoms with van der Waals surface area (Å²) in [6.45, 7) is 4.38. The molecule has 3 rings (SSSR count). The fraction of sp³-hybridized carbons (Fsp3) is 0.409. The summed E-state index contributed by atoms with van der Waals surface area (Å²) in [4.78, 5) is 12.7. The highest BCUT2D eigenvalue weighted by Gasteiger charge is 2.33. The van der Waals surface area contributed by atoms with Crippen LogP contribution in [0.3, 0.4) is 0 Å². The van der Waals surface area contributed by atoms with Crippen LogP contribution in [0, 0.1) is 19.8 Å². The normalized spacial score (nSPS) is 15.6. The highest BCUT2D eigenvalue weighted by Crippen LogP contribution is 2.32. The van der Waals surface area contributed by atoms with Gasteiger partial charge in [-0.05, 0) is 50.5 Å². The van der Waals surface area contributed by atoms with E-state index in [-0.39, 0.29) is 29.9 Å². The predicted octanol–water partition coefficient (Wildman–Crippen LogP) is 3.33. The van der Waals surface area contributed by atoms with E-state index in [1.807, 2.05) is 26.0 Å². The van der Waals surface area contributed by atoms with Crippen LogP contribution in [0.15, 0.2) is 41.3 Å². The highest BCUT2D eigenvalue weighted by molar-refractivity contribution is 7.89. The van der Waals surface area contributed by atoms with Gasteiger partial charge >= 0.3 is 5.97 Å². The van der Waals surface area contributed by atoms with E-state index in [4.69, 9.17) is 14.2 Å². The molecule has 1 aliphatic heterocycles. The van der Waals surface area contributed by atoms with E-state index in [2.05, 4.69) is 0 Å². The first-order valence-electron chi connectivity index (χ1n) is 9.77. The molecule has 0 N–H and O–H groups in total. The number of nitrogens with zero attached hydrogens (tertiary/aromatic N) is 1. The maximum absolute atomic E-state index is 13.0. The minimum absolute atomic E-state index is 0.136. The topological polar surface area (TPSA) is 82.1 Å². The molecule has 1 aliphatic rings. The van der Waals surface area contributed by atoms with Crippen molar-refractivity contribution in [2.24, 2.45) is 5.92 Å². The van der Waals surface area contributed by atoms with Crippen molar-refractivity contribution in [3.05, 3.63) is 47.5 Å². The number of methoxy groups -OCH3 is 2. The van der Waals surface area contributed by atoms with E-state index in [1.54, 1.807) is 12.1 Å². The number of piperidine rings is 1. The number of hydrogen-bond acceptors (Lipinski definition) is 6. The predicted molar refractivity (Wildman–Crippen MR) is 113 cm³/mol. The van der Waals surface area contributed by atoms with Crippen LogP contribution in [0.5, 0.6) is 17.2 Å². The molecular weight excluding hydrogens is 406 g/mol. The average Bonchev–Trinajstić information content (AvgIpc) is 2.75. The van der Waals surface area contributed by atoms with Crippen molar-refractivity contribution < 1.29 is 27.4 Å². The average molecular weight is 434 g/mol. The summed E-state index contributed by atoms with van der Waals surface area (Å²) in [5.41, 5.74) is 2.00. The van der Waals surface area contributed by atoms with Crippen molar-refractivity contribution in [3.8, 4) is 17.2 Å². The van der Waals surface area contributed by atoms with Gasteiger partial charge in [0.1, 0.15) is 5.75 Å². The second kappa shape index (κ2) is 9.06. The molecule has 0 aromatic heterocycles. The third-order valence-corrected chi connectivity index (χ3v) is 7.22. The first kappa shape index (κ1) is 22.1. The van der Waals surface area contributed by atoms with Crippen LogP contribution in [0.2, 0.25) is 0 Å². The molecule has 0 unspecified atom stereocenters. The monoisotopic (exact) mass is 433 g/mol. The summed E-state index contributed by atoms with van der Waals surface area (Å²) in [7, 11) is -0.740. The number of esters is 1. The number of sulfonamides is 1. The van der Waals surface area contributed by atoms with Crippen molar-refractivity contribution in [1.82, 2.24) is 4.31 Å². The van der Waals surface area contributed by atoms with Gasteiger partial charge in [-0.3, -0.25) is 4.79 Å². The lowest BCUT2D eigenvalue weighted by molar-refractivity contribution is -0.140. The summed E-state index contributed by atoms with van der Waals surface area (Å²) < 4.78 is 43.4. The van der Waals surface area contributed by atoms with E-state index in [9.17, 15) is 13.2 Å². The number of rotatable bonds is 6. The summed E-state index contributed by atoms with van der Waals surface area (Å²) in [6, 6.07) is 10.2.